The Morgan fingerprint density at radius 2 is 2.53 bits per heavy atom. The molecule has 1 atom stereocenters. The molecule has 0 bridgehead atoms. The van der Waals surface area contributed by atoms with Gasteiger partial charge in [-0.3, -0.25) is 9.88 Å². The average Bonchev–Trinajstić information content (AvgIpc) is 2.22. The van der Waals surface area contributed by atoms with E-state index in [2.05, 4.69) is 16.8 Å². The zero-order valence-electron chi connectivity index (χ0n) is 8.82. The molecule has 0 radical (unpaired) electrons. The van der Waals surface area contributed by atoms with Crippen LogP contribution in [0.3, 0.4) is 0 Å². The van der Waals surface area contributed by atoms with Gasteiger partial charge in [0.05, 0.1) is 6.20 Å². The van der Waals surface area contributed by atoms with E-state index >= 15 is 0 Å². The lowest BCUT2D eigenvalue weighted by Crippen LogP contribution is -2.36. The standard InChI is InChI=1S/C11H15FN2S/c1-9-7-14(4-5-15-9)8-10-2-3-13-6-11(10)12/h2-3,6,9H,4-5,7-8H2,1H3/t9-/m1/s1. The first-order valence-electron chi connectivity index (χ1n) is 5.18. The van der Waals surface area contributed by atoms with Crippen molar-refractivity contribution in [2.45, 2.75) is 18.7 Å². The van der Waals surface area contributed by atoms with Crippen LogP contribution in [0.4, 0.5) is 4.39 Å². The SMILES string of the molecule is C[C@@H]1CN(Cc2ccncc2F)CCS1. The predicted octanol–water partition coefficient (Wildman–Crippen LogP) is 2.16. The molecule has 2 nitrogen and oxygen atoms in total. The van der Waals surface area contributed by atoms with Crippen LogP contribution in [0, 0.1) is 5.82 Å². The monoisotopic (exact) mass is 226 g/mol. The number of hydrogen-bond acceptors (Lipinski definition) is 3. The summed E-state index contributed by atoms with van der Waals surface area (Å²) in [5.74, 6) is 0.955. The van der Waals surface area contributed by atoms with Crippen LogP contribution in [0.1, 0.15) is 12.5 Å². The van der Waals surface area contributed by atoms with Gasteiger partial charge in [-0.15, -0.1) is 0 Å². The molecule has 0 aliphatic carbocycles. The van der Waals surface area contributed by atoms with Gasteiger partial charge in [0.25, 0.3) is 0 Å². The molecule has 1 aliphatic heterocycles. The quantitative estimate of drug-likeness (QED) is 0.769. The van der Waals surface area contributed by atoms with Gasteiger partial charge in [0.15, 0.2) is 0 Å². The molecule has 1 fully saturated rings. The molecular formula is C11H15FN2S. The summed E-state index contributed by atoms with van der Waals surface area (Å²) in [4.78, 5) is 6.06. The van der Waals surface area contributed by atoms with Crippen LogP contribution in [-0.4, -0.2) is 34.0 Å². The molecule has 82 valence electrons. The zero-order chi connectivity index (χ0) is 10.7. The van der Waals surface area contributed by atoms with E-state index in [1.165, 1.54) is 6.20 Å². The number of halogens is 1. The van der Waals surface area contributed by atoms with Crippen molar-refractivity contribution in [1.82, 2.24) is 9.88 Å². The summed E-state index contributed by atoms with van der Waals surface area (Å²) in [5.41, 5.74) is 0.754. The van der Waals surface area contributed by atoms with E-state index in [1.54, 1.807) is 12.3 Å². The highest BCUT2D eigenvalue weighted by Crippen LogP contribution is 2.19. The molecule has 1 aliphatic rings. The van der Waals surface area contributed by atoms with Crippen LogP contribution >= 0.6 is 11.8 Å². The van der Waals surface area contributed by atoms with Gasteiger partial charge >= 0.3 is 0 Å². The minimum atomic E-state index is -0.191. The van der Waals surface area contributed by atoms with E-state index < -0.39 is 0 Å². The fraction of sp³-hybridized carbons (Fsp3) is 0.545. The average molecular weight is 226 g/mol. The Kier molecular flexibility index (Phi) is 3.59. The van der Waals surface area contributed by atoms with Crippen LogP contribution in [0.15, 0.2) is 18.5 Å². The van der Waals surface area contributed by atoms with Crippen LogP contribution in [0.2, 0.25) is 0 Å². The number of pyridine rings is 1. The summed E-state index contributed by atoms with van der Waals surface area (Å²) < 4.78 is 13.3. The molecule has 2 heterocycles. The summed E-state index contributed by atoms with van der Waals surface area (Å²) in [7, 11) is 0. The third kappa shape index (κ3) is 2.92. The molecule has 0 saturated carbocycles. The second-order valence-corrected chi connectivity index (χ2v) is 5.43. The first-order chi connectivity index (χ1) is 7.25. The predicted molar refractivity (Wildman–Crippen MR) is 61.4 cm³/mol. The Morgan fingerprint density at radius 1 is 1.67 bits per heavy atom. The minimum Gasteiger partial charge on any atom is -0.297 e. The molecule has 0 N–H and O–H groups in total. The van der Waals surface area contributed by atoms with E-state index in [9.17, 15) is 4.39 Å². The van der Waals surface area contributed by atoms with E-state index in [-0.39, 0.29) is 5.82 Å². The Balaban J connectivity index is 1.99. The highest BCUT2D eigenvalue weighted by molar-refractivity contribution is 7.99. The molecule has 1 aromatic heterocycles. The van der Waals surface area contributed by atoms with Crippen molar-refractivity contribution in [3.8, 4) is 0 Å². The number of nitrogens with zero attached hydrogens (tertiary/aromatic N) is 2. The van der Waals surface area contributed by atoms with Crippen molar-refractivity contribution >= 4 is 11.8 Å². The van der Waals surface area contributed by atoms with E-state index in [1.807, 2.05) is 11.8 Å². The molecule has 1 aromatic rings. The third-order valence-electron chi connectivity index (χ3n) is 2.58. The van der Waals surface area contributed by atoms with Crippen LogP contribution in [0.5, 0.6) is 0 Å². The molecule has 0 aromatic carbocycles. The number of thioether (sulfide) groups is 1. The van der Waals surface area contributed by atoms with Crippen molar-refractivity contribution < 1.29 is 4.39 Å². The van der Waals surface area contributed by atoms with Gasteiger partial charge in [-0.1, -0.05) is 6.92 Å². The van der Waals surface area contributed by atoms with E-state index in [4.69, 9.17) is 0 Å². The molecule has 1 saturated heterocycles. The fourth-order valence-corrected chi connectivity index (χ4v) is 2.89. The van der Waals surface area contributed by atoms with Crippen LogP contribution < -0.4 is 0 Å². The van der Waals surface area contributed by atoms with Crippen LogP contribution in [0.25, 0.3) is 0 Å². The summed E-state index contributed by atoms with van der Waals surface area (Å²) in [6.45, 7) is 5.03. The molecule has 0 amide bonds. The van der Waals surface area contributed by atoms with Crippen molar-refractivity contribution in [3.05, 3.63) is 29.8 Å². The first kappa shape index (κ1) is 10.9. The summed E-state index contributed by atoms with van der Waals surface area (Å²) in [6, 6.07) is 1.77. The van der Waals surface area contributed by atoms with Gasteiger partial charge in [-0.2, -0.15) is 11.8 Å². The summed E-state index contributed by atoms with van der Waals surface area (Å²) >= 11 is 1.99. The molecule has 0 spiro atoms. The van der Waals surface area contributed by atoms with Crippen molar-refractivity contribution in [2.75, 3.05) is 18.8 Å². The smallest absolute Gasteiger partial charge is 0.145 e. The first-order valence-corrected chi connectivity index (χ1v) is 6.23. The Bertz CT molecular complexity index is 332. The van der Waals surface area contributed by atoms with Gasteiger partial charge in [0.2, 0.25) is 0 Å². The lowest BCUT2D eigenvalue weighted by molar-refractivity contribution is 0.274. The van der Waals surface area contributed by atoms with E-state index in [0.717, 1.165) is 24.4 Å². The topological polar surface area (TPSA) is 16.1 Å². The number of aromatic nitrogens is 1. The zero-order valence-corrected chi connectivity index (χ0v) is 9.63. The normalized spacial score (nSPS) is 22.9. The van der Waals surface area contributed by atoms with Gasteiger partial charge in [-0.05, 0) is 6.07 Å². The Hall–Kier alpha value is -0.610. The highest BCUT2D eigenvalue weighted by Gasteiger charge is 2.17. The largest absolute Gasteiger partial charge is 0.297 e. The molecule has 2 rings (SSSR count). The van der Waals surface area contributed by atoms with Crippen molar-refractivity contribution in [3.63, 3.8) is 0 Å². The maximum atomic E-state index is 13.3. The second kappa shape index (κ2) is 4.94. The Labute approximate surface area is 93.9 Å². The van der Waals surface area contributed by atoms with Gasteiger partial charge < -0.3 is 0 Å². The molecule has 15 heavy (non-hydrogen) atoms. The van der Waals surface area contributed by atoms with E-state index in [0.29, 0.717) is 11.8 Å². The number of hydrogen-bond donors (Lipinski definition) is 0. The number of rotatable bonds is 2. The maximum Gasteiger partial charge on any atom is 0.145 e. The highest BCUT2D eigenvalue weighted by atomic mass is 32.2. The second-order valence-electron chi connectivity index (χ2n) is 3.88. The maximum absolute atomic E-state index is 13.3. The van der Waals surface area contributed by atoms with Gasteiger partial charge in [0.1, 0.15) is 5.82 Å². The lowest BCUT2D eigenvalue weighted by atomic mass is 10.2. The van der Waals surface area contributed by atoms with Crippen molar-refractivity contribution in [1.29, 1.82) is 0 Å². The van der Waals surface area contributed by atoms with Gasteiger partial charge in [0, 0.05) is 42.4 Å². The minimum absolute atomic E-state index is 0.191. The fourth-order valence-electron chi connectivity index (χ4n) is 1.81. The van der Waals surface area contributed by atoms with Crippen LogP contribution in [-0.2, 0) is 6.54 Å². The summed E-state index contributed by atoms with van der Waals surface area (Å²) in [6.07, 6.45) is 2.94. The molecule has 4 heteroatoms. The van der Waals surface area contributed by atoms with Gasteiger partial charge in [-0.25, -0.2) is 4.39 Å². The summed E-state index contributed by atoms with van der Waals surface area (Å²) in [5, 5.41) is 0.656. The molecular weight excluding hydrogens is 211 g/mol. The Morgan fingerprint density at radius 3 is 3.27 bits per heavy atom. The molecule has 0 unspecified atom stereocenters. The lowest BCUT2D eigenvalue weighted by Gasteiger charge is -2.30. The van der Waals surface area contributed by atoms with Crippen molar-refractivity contribution in [2.24, 2.45) is 0 Å². The third-order valence-corrected chi connectivity index (χ3v) is 3.71.